The molecule has 0 unspecified atom stereocenters. The molecule has 0 spiro atoms. The molecule has 1 aliphatic rings. The van der Waals surface area contributed by atoms with Crippen molar-refractivity contribution >= 4 is 45.6 Å². The standard InChI is InChI=1S/C24H58N4O18P6/c1-5-43-51(41,44-6-2)21-27(15-13-25(17-47(29,30)31)18-48(32,33)34)23-11-9-10-12-24(23)28(22-52(42,45-7-3)46-8-4)16-14-26(19-49(35,36)37)20-50(38,39)40/h23-24H,5-22H2,1-4H3,(H2,29,30,31)(H2,32,33,34)(H2,35,36,37)(H2,38,39,40)/t23-,24-/m0/s1. The SMILES string of the molecule is CCOP(=O)(CN(CCN(CP(=O)(O)O)CP(=O)(O)O)[C@H]1CCCC[C@@H]1N(CCN(CP(=O)(O)O)CP(=O)(O)O)CP(=O)(OCC)OCC)OCC. The molecule has 0 aromatic carbocycles. The Bertz CT molecular complexity index is 1190. The summed E-state index contributed by atoms with van der Waals surface area (Å²) in [5.41, 5.74) is 0. The van der Waals surface area contributed by atoms with Crippen LogP contribution in [-0.4, -0.2) is 161 Å². The van der Waals surface area contributed by atoms with Crippen molar-refractivity contribution in [2.45, 2.75) is 65.5 Å². The van der Waals surface area contributed by atoms with Crippen molar-refractivity contribution in [1.82, 2.24) is 19.6 Å². The van der Waals surface area contributed by atoms with Gasteiger partial charge in [0.25, 0.3) is 0 Å². The molecule has 0 aromatic rings. The van der Waals surface area contributed by atoms with Crippen LogP contribution >= 0.6 is 45.6 Å². The molecule has 1 saturated carbocycles. The van der Waals surface area contributed by atoms with Gasteiger partial charge in [-0.05, 0) is 40.5 Å². The van der Waals surface area contributed by atoms with Gasteiger partial charge in [-0.3, -0.25) is 47.0 Å². The van der Waals surface area contributed by atoms with Gasteiger partial charge in [0.05, 0.1) is 26.4 Å². The summed E-state index contributed by atoms with van der Waals surface area (Å²) < 4.78 is 97.6. The van der Waals surface area contributed by atoms with Gasteiger partial charge in [0.2, 0.25) is 0 Å². The van der Waals surface area contributed by atoms with Gasteiger partial charge < -0.3 is 57.2 Å². The first-order valence-electron chi connectivity index (χ1n) is 16.6. The fourth-order valence-corrected chi connectivity index (χ4v) is 13.1. The molecule has 52 heavy (non-hydrogen) atoms. The molecule has 0 heterocycles. The Balaban J connectivity index is 3.77. The van der Waals surface area contributed by atoms with Crippen LogP contribution in [0.15, 0.2) is 0 Å². The fraction of sp³-hybridized carbons (Fsp3) is 1.00. The van der Waals surface area contributed by atoms with E-state index in [2.05, 4.69) is 0 Å². The lowest BCUT2D eigenvalue weighted by Crippen LogP contribution is -2.56. The van der Waals surface area contributed by atoms with Gasteiger partial charge >= 0.3 is 45.6 Å². The van der Waals surface area contributed by atoms with Crippen molar-refractivity contribution < 1.29 is 84.6 Å². The molecule has 28 heteroatoms. The zero-order valence-electron chi connectivity index (χ0n) is 30.0. The maximum absolute atomic E-state index is 13.9. The molecule has 2 atom stereocenters. The number of rotatable bonds is 28. The van der Waals surface area contributed by atoms with Crippen molar-refractivity contribution in [1.29, 1.82) is 0 Å². The van der Waals surface area contributed by atoms with E-state index in [1.807, 2.05) is 0 Å². The Labute approximate surface area is 305 Å². The van der Waals surface area contributed by atoms with Gasteiger partial charge in [0.1, 0.15) is 37.7 Å². The molecule has 312 valence electrons. The quantitative estimate of drug-likeness (QED) is 0.0524. The van der Waals surface area contributed by atoms with Crippen molar-refractivity contribution in [3.63, 3.8) is 0 Å². The van der Waals surface area contributed by atoms with E-state index < -0.39 is 82.8 Å². The first kappa shape index (κ1) is 50.8. The van der Waals surface area contributed by atoms with E-state index in [4.69, 9.17) is 18.1 Å². The Hall–Kier alpha value is 0.740. The lowest BCUT2D eigenvalue weighted by molar-refractivity contribution is 0.0474. The highest BCUT2D eigenvalue weighted by Crippen LogP contribution is 2.52. The van der Waals surface area contributed by atoms with Gasteiger partial charge in [-0.15, -0.1) is 0 Å². The predicted molar refractivity (Wildman–Crippen MR) is 192 cm³/mol. The van der Waals surface area contributed by atoms with Crippen molar-refractivity contribution in [3.05, 3.63) is 0 Å². The van der Waals surface area contributed by atoms with Crippen LogP contribution in [0.3, 0.4) is 0 Å². The van der Waals surface area contributed by atoms with E-state index in [-0.39, 0.29) is 65.2 Å². The van der Waals surface area contributed by atoms with E-state index in [1.54, 1.807) is 37.5 Å². The Morgan fingerprint density at radius 1 is 0.442 bits per heavy atom. The smallest absolute Gasteiger partial charge is 0.324 e. The van der Waals surface area contributed by atoms with E-state index in [1.165, 1.54) is 0 Å². The molecule has 0 radical (unpaired) electrons. The molecule has 22 nitrogen and oxygen atoms in total. The molecule has 1 rings (SSSR count). The van der Waals surface area contributed by atoms with E-state index in [9.17, 15) is 66.5 Å². The molecule has 0 aromatic heterocycles. The largest absolute Gasteiger partial charge is 0.344 e. The molecular formula is C24H58N4O18P6. The van der Waals surface area contributed by atoms with Crippen LogP contribution in [0.25, 0.3) is 0 Å². The van der Waals surface area contributed by atoms with E-state index >= 15 is 0 Å². The minimum absolute atomic E-state index is 0.00521. The third-order valence-corrected chi connectivity index (χ3v) is 14.7. The maximum atomic E-state index is 13.9. The summed E-state index contributed by atoms with van der Waals surface area (Å²) in [6.45, 7) is 5.44. The summed E-state index contributed by atoms with van der Waals surface area (Å²) in [5, 5.41) is 0. The van der Waals surface area contributed by atoms with Crippen molar-refractivity contribution in [2.24, 2.45) is 0 Å². The van der Waals surface area contributed by atoms with Gasteiger partial charge in [-0.1, -0.05) is 12.8 Å². The molecule has 0 bridgehead atoms. The average molecular weight is 877 g/mol. The van der Waals surface area contributed by atoms with Crippen LogP contribution in [0.4, 0.5) is 0 Å². The van der Waals surface area contributed by atoms with E-state index in [0.717, 1.165) is 9.80 Å². The minimum atomic E-state index is -4.80. The first-order chi connectivity index (χ1) is 23.8. The van der Waals surface area contributed by atoms with Crippen LogP contribution in [0.5, 0.6) is 0 Å². The zero-order chi connectivity index (χ0) is 40.0. The second-order valence-electron chi connectivity index (χ2n) is 12.2. The summed E-state index contributed by atoms with van der Waals surface area (Å²) in [6, 6.07) is -1.24. The molecule has 1 aliphatic carbocycles. The Morgan fingerprint density at radius 3 is 0.904 bits per heavy atom. The Kier molecular flexibility index (Phi) is 22.1. The predicted octanol–water partition coefficient (Wildman–Crippen LogP) is 2.49. The average Bonchev–Trinajstić information content (AvgIpc) is 2.94. The van der Waals surface area contributed by atoms with Crippen molar-refractivity contribution in [2.75, 3.05) is 90.3 Å². The lowest BCUT2D eigenvalue weighted by atomic mass is 9.88. The first-order valence-corrected chi connectivity index (χ1v) is 27.3. The number of nitrogens with zero attached hydrogens (tertiary/aromatic N) is 4. The highest BCUT2D eigenvalue weighted by Gasteiger charge is 2.41. The summed E-state index contributed by atoms with van der Waals surface area (Å²) >= 11 is 0. The van der Waals surface area contributed by atoms with Gasteiger partial charge in [0.15, 0.2) is 0 Å². The molecule has 0 saturated heterocycles. The third-order valence-electron chi connectivity index (χ3n) is 7.59. The molecule has 8 N–H and O–H groups in total. The minimum Gasteiger partial charge on any atom is -0.324 e. The maximum Gasteiger partial charge on any atom is 0.344 e. The summed E-state index contributed by atoms with van der Waals surface area (Å²) in [6.07, 6.45) is -2.60. The van der Waals surface area contributed by atoms with Crippen molar-refractivity contribution in [3.8, 4) is 0 Å². The van der Waals surface area contributed by atoms with E-state index in [0.29, 0.717) is 25.7 Å². The Morgan fingerprint density at radius 2 is 0.692 bits per heavy atom. The van der Waals surface area contributed by atoms with Crippen LogP contribution in [0.1, 0.15) is 53.4 Å². The highest BCUT2D eigenvalue weighted by molar-refractivity contribution is 7.54. The van der Waals surface area contributed by atoms with Crippen LogP contribution in [0.2, 0.25) is 0 Å². The van der Waals surface area contributed by atoms with Gasteiger partial charge in [-0.2, -0.15) is 0 Å². The number of hydrogen-bond acceptors (Lipinski definition) is 14. The normalized spacial score (nSPS) is 18.7. The van der Waals surface area contributed by atoms with Crippen LogP contribution in [0, 0.1) is 0 Å². The zero-order valence-corrected chi connectivity index (χ0v) is 35.4. The lowest BCUT2D eigenvalue weighted by Gasteiger charge is -2.46. The second-order valence-corrected chi connectivity index (χ2v) is 22.7. The monoisotopic (exact) mass is 876 g/mol. The third kappa shape index (κ3) is 21.9. The van der Waals surface area contributed by atoms with Gasteiger partial charge in [0, 0.05) is 38.3 Å². The summed E-state index contributed by atoms with van der Waals surface area (Å²) in [5.74, 6) is 0. The van der Waals surface area contributed by atoms with Crippen LogP contribution < -0.4 is 0 Å². The molecular weight excluding hydrogens is 818 g/mol. The fourth-order valence-electron chi connectivity index (χ4n) is 6.05. The highest BCUT2D eigenvalue weighted by atomic mass is 31.2. The summed E-state index contributed by atoms with van der Waals surface area (Å²) in [7, 11) is -27.0. The molecule has 0 aliphatic heterocycles. The molecule has 0 amide bonds. The van der Waals surface area contributed by atoms with Crippen LogP contribution in [-0.2, 0) is 45.5 Å². The second kappa shape index (κ2) is 22.6. The van der Waals surface area contributed by atoms with Gasteiger partial charge in [-0.25, -0.2) is 0 Å². The molecule has 1 fully saturated rings. The number of hydrogen-bond donors (Lipinski definition) is 8. The summed E-state index contributed by atoms with van der Waals surface area (Å²) in [4.78, 5) is 82.2. The topological polar surface area (TPSA) is 314 Å².